The molecule has 40 heavy (non-hydrogen) atoms. The number of nitrogens with zero attached hydrogens (tertiary/aromatic N) is 3. The van der Waals surface area contributed by atoms with Gasteiger partial charge >= 0.3 is 0 Å². The van der Waals surface area contributed by atoms with E-state index in [1.807, 2.05) is 24.3 Å². The molecule has 0 aromatic heterocycles. The molecule has 1 aromatic rings. The maximum Gasteiger partial charge on any atom is 0.251 e. The van der Waals surface area contributed by atoms with E-state index in [2.05, 4.69) is 20.1 Å². The molecule has 0 aliphatic carbocycles. The van der Waals surface area contributed by atoms with Crippen molar-refractivity contribution in [1.29, 1.82) is 0 Å². The summed E-state index contributed by atoms with van der Waals surface area (Å²) >= 11 is 1.70. The van der Waals surface area contributed by atoms with Crippen LogP contribution in [0.3, 0.4) is 0 Å². The number of benzene rings is 1. The molecule has 6 atom stereocenters. The summed E-state index contributed by atoms with van der Waals surface area (Å²) in [4.78, 5) is 47.8. The summed E-state index contributed by atoms with van der Waals surface area (Å²) < 4.78 is 4.64. The fourth-order valence-electron chi connectivity index (χ4n) is 6.97. The number of ether oxygens (including phenoxy) is 1. The van der Waals surface area contributed by atoms with Crippen molar-refractivity contribution in [3.05, 3.63) is 49.6 Å². The Morgan fingerprint density at radius 3 is 2.42 bits per heavy atom. The van der Waals surface area contributed by atoms with E-state index < -0.39 is 22.6 Å². The number of amides is 3. The summed E-state index contributed by atoms with van der Waals surface area (Å²) in [6.45, 7) is 11.1. The molecule has 3 aliphatic rings. The number of aliphatic hydroxyl groups is 1. The van der Waals surface area contributed by atoms with Crippen LogP contribution in [0.2, 0.25) is 0 Å². The van der Waals surface area contributed by atoms with Gasteiger partial charge in [-0.15, -0.1) is 24.9 Å². The molecule has 2 bridgehead atoms. The number of thioether (sulfide) groups is 1. The van der Waals surface area contributed by atoms with Gasteiger partial charge in [-0.3, -0.25) is 14.4 Å². The predicted molar refractivity (Wildman–Crippen MR) is 159 cm³/mol. The standard InChI is InChI=1S/C31H43N3O5S/c1-6-16-32(4)28(36)25-24-20-21(3)31(40-24)26(25)29(37)34(18-10-8-9-11-19-35)27(31)30(38)33(17-7-2)22-12-14-23(39-5)15-13-22/h6-7,12-15,21,24-27,35H,1-2,8-11,16-20H2,3-5H3/t21?,24-,25+,26+,27?,31?/m1/s1. The molecule has 3 unspecified atom stereocenters. The molecule has 0 saturated carbocycles. The number of unbranched alkanes of at least 4 members (excludes halogenated alkanes) is 3. The Morgan fingerprint density at radius 2 is 1.80 bits per heavy atom. The first-order chi connectivity index (χ1) is 19.3. The van der Waals surface area contributed by atoms with E-state index in [0.29, 0.717) is 37.5 Å². The minimum absolute atomic E-state index is 0.000407. The summed E-state index contributed by atoms with van der Waals surface area (Å²) in [6, 6.07) is 6.66. The lowest BCUT2D eigenvalue weighted by Gasteiger charge is -2.41. The first kappa shape index (κ1) is 30.2. The maximum atomic E-state index is 14.7. The quantitative estimate of drug-likeness (QED) is 0.271. The molecule has 3 saturated heterocycles. The number of hydrogen-bond donors (Lipinski definition) is 1. The van der Waals surface area contributed by atoms with E-state index in [4.69, 9.17) is 4.74 Å². The molecule has 1 aromatic carbocycles. The van der Waals surface area contributed by atoms with Crippen LogP contribution in [0, 0.1) is 17.8 Å². The third kappa shape index (κ3) is 5.18. The van der Waals surface area contributed by atoms with Gasteiger partial charge in [-0.05, 0) is 49.4 Å². The minimum Gasteiger partial charge on any atom is -0.497 e. The molecule has 1 N–H and O–H groups in total. The molecule has 3 amide bonds. The Kier molecular flexibility index (Phi) is 9.67. The monoisotopic (exact) mass is 569 g/mol. The first-order valence-corrected chi connectivity index (χ1v) is 15.2. The van der Waals surface area contributed by atoms with Gasteiger partial charge in [-0.1, -0.05) is 31.9 Å². The molecule has 0 radical (unpaired) electrons. The van der Waals surface area contributed by atoms with Crippen molar-refractivity contribution in [3.63, 3.8) is 0 Å². The van der Waals surface area contributed by atoms with Crippen molar-refractivity contribution in [2.24, 2.45) is 17.8 Å². The summed E-state index contributed by atoms with van der Waals surface area (Å²) in [5.74, 6) is -0.471. The first-order valence-electron chi connectivity index (χ1n) is 14.3. The van der Waals surface area contributed by atoms with Gasteiger partial charge in [0, 0.05) is 44.2 Å². The largest absolute Gasteiger partial charge is 0.497 e. The van der Waals surface area contributed by atoms with Crippen LogP contribution in [-0.2, 0) is 14.4 Å². The number of carbonyl (C=O) groups is 3. The summed E-state index contributed by atoms with van der Waals surface area (Å²) in [5.41, 5.74) is 0.712. The topological polar surface area (TPSA) is 90.4 Å². The van der Waals surface area contributed by atoms with Gasteiger partial charge < -0.3 is 24.5 Å². The van der Waals surface area contributed by atoms with Gasteiger partial charge in [0.1, 0.15) is 11.8 Å². The van der Waals surface area contributed by atoms with Crippen LogP contribution in [0.25, 0.3) is 0 Å². The number of carbonyl (C=O) groups excluding carboxylic acids is 3. The second-order valence-corrected chi connectivity index (χ2v) is 12.7. The Bertz CT molecular complexity index is 1110. The number of likely N-dealkylation sites (tertiary alicyclic amines) is 1. The highest BCUT2D eigenvalue weighted by Crippen LogP contribution is 2.69. The molecule has 4 rings (SSSR count). The van der Waals surface area contributed by atoms with E-state index in [1.165, 1.54) is 0 Å². The van der Waals surface area contributed by atoms with Crippen LogP contribution in [0.15, 0.2) is 49.6 Å². The number of hydrogen-bond acceptors (Lipinski definition) is 6. The SMILES string of the molecule is C=CCN(C)C(=O)[C@@H]1[C@H]2C(=O)N(CCCCCCO)C(C(=O)N(CC=C)c3ccc(OC)cc3)C23S[C@@H]1CC3C. The van der Waals surface area contributed by atoms with E-state index in [0.717, 1.165) is 25.7 Å². The van der Waals surface area contributed by atoms with Crippen molar-refractivity contribution in [2.45, 2.75) is 55.1 Å². The predicted octanol–water partition coefficient (Wildman–Crippen LogP) is 3.75. The lowest BCUT2D eigenvalue weighted by molar-refractivity contribution is -0.143. The number of fused-ring (bicyclic) bond motifs is 1. The highest BCUT2D eigenvalue weighted by atomic mass is 32.2. The average molecular weight is 570 g/mol. The Labute approximate surface area is 242 Å². The number of aliphatic hydroxyl groups excluding tert-OH is 1. The zero-order valence-electron chi connectivity index (χ0n) is 24.0. The molecule has 218 valence electrons. The third-order valence-electron chi connectivity index (χ3n) is 8.81. The van der Waals surface area contributed by atoms with Crippen LogP contribution >= 0.6 is 11.8 Å². The van der Waals surface area contributed by atoms with E-state index in [-0.39, 0.29) is 35.5 Å². The second kappa shape index (κ2) is 12.8. The highest BCUT2D eigenvalue weighted by Gasteiger charge is 2.76. The second-order valence-electron chi connectivity index (χ2n) is 11.2. The number of anilines is 1. The van der Waals surface area contributed by atoms with Crippen LogP contribution in [-0.4, -0.2) is 89.1 Å². The van der Waals surface area contributed by atoms with Crippen molar-refractivity contribution < 1.29 is 24.2 Å². The zero-order valence-corrected chi connectivity index (χ0v) is 24.8. The van der Waals surface area contributed by atoms with Crippen LogP contribution in [0.5, 0.6) is 5.75 Å². The fourth-order valence-corrected chi connectivity index (χ4v) is 9.38. The minimum atomic E-state index is -0.683. The van der Waals surface area contributed by atoms with Gasteiger partial charge in [-0.25, -0.2) is 0 Å². The maximum absolute atomic E-state index is 14.7. The van der Waals surface area contributed by atoms with E-state index >= 15 is 0 Å². The van der Waals surface area contributed by atoms with Gasteiger partial charge in [-0.2, -0.15) is 0 Å². The molecule has 9 heteroatoms. The Morgan fingerprint density at radius 1 is 1.12 bits per heavy atom. The van der Waals surface area contributed by atoms with Crippen LogP contribution in [0.1, 0.15) is 39.0 Å². The fraction of sp³-hybridized carbons (Fsp3) is 0.581. The normalized spacial score (nSPS) is 28.4. The molecule has 8 nitrogen and oxygen atoms in total. The van der Waals surface area contributed by atoms with Gasteiger partial charge in [0.05, 0.1) is 23.7 Å². The Hall–Kier alpha value is -2.78. The highest BCUT2D eigenvalue weighted by molar-refractivity contribution is 8.02. The van der Waals surface area contributed by atoms with Crippen LogP contribution < -0.4 is 9.64 Å². The molecule has 3 heterocycles. The van der Waals surface area contributed by atoms with Gasteiger partial charge in [0.15, 0.2) is 0 Å². The van der Waals surface area contributed by atoms with Crippen LogP contribution in [0.4, 0.5) is 5.69 Å². The van der Waals surface area contributed by atoms with Gasteiger partial charge in [0.2, 0.25) is 11.8 Å². The number of methoxy groups -OCH3 is 1. The molecular weight excluding hydrogens is 526 g/mol. The van der Waals surface area contributed by atoms with Gasteiger partial charge in [0.25, 0.3) is 5.91 Å². The summed E-state index contributed by atoms with van der Waals surface area (Å²) in [6.07, 6.45) is 7.36. The summed E-state index contributed by atoms with van der Waals surface area (Å²) in [7, 11) is 3.36. The van der Waals surface area contributed by atoms with Crippen molar-refractivity contribution in [3.8, 4) is 5.75 Å². The average Bonchev–Trinajstić information content (AvgIpc) is 3.54. The molecule has 3 aliphatic heterocycles. The third-order valence-corrected chi connectivity index (χ3v) is 10.9. The van der Waals surface area contributed by atoms with Crippen molar-refractivity contribution >= 4 is 35.2 Å². The summed E-state index contributed by atoms with van der Waals surface area (Å²) in [5, 5.41) is 9.18. The molecule has 1 spiro atoms. The zero-order chi connectivity index (χ0) is 29.0. The van der Waals surface area contributed by atoms with Crippen molar-refractivity contribution in [2.75, 3.05) is 45.3 Å². The smallest absolute Gasteiger partial charge is 0.251 e. The number of rotatable bonds is 14. The van der Waals surface area contributed by atoms with E-state index in [9.17, 15) is 19.5 Å². The van der Waals surface area contributed by atoms with E-state index in [1.54, 1.807) is 52.8 Å². The molecular formula is C31H43N3O5S. The van der Waals surface area contributed by atoms with Crippen molar-refractivity contribution in [1.82, 2.24) is 9.80 Å². The lowest BCUT2D eigenvalue weighted by atomic mass is 9.65. The molecule has 3 fully saturated rings. The Balaban J connectivity index is 1.74. The lowest BCUT2D eigenvalue weighted by Crippen LogP contribution is -2.57. The number of likely N-dealkylation sites (N-methyl/N-ethyl adjacent to an activating group) is 1.